The lowest BCUT2D eigenvalue weighted by atomic mass is 9.98. The minimum atomic E-state index is -3.72. The van der Waals surface area contributed by atoms with E-state index in [1.165, 1.54) is 27.8 Å². The molecule has 0 saturated carbocycles. The van der Waals surface area contributed by atoms with Crippen LogP contribution in [0.25, 0.3) is 10.2 Å². The molecule has 1 amide bonds. The highest BCUT2D eigenvalue weighted by Gasteiger charge is 2.37. The molecule has 2 fully saturated rings. The van der Waals surface area contributed by atoms with Gasteiger partial charge in [0.05, 0.1) is 33.7 Å². The van der Waals surface area contributed by atoms with Crippen LogP contribution in [0, 0.1) is 19.8 Å². The van der Waals surface area contributed by atoms with E-state index >= 15 is 0 Å². The van der Waals surface area contributed by atoms with E-state index < -0.39 is 15.9 Å². The molecule has 3 aromatic rings. The van der Waals surface area contributed by atoms with Gasteiger partial charge in [0.2, 0.25) is 15.9 Å². The molecule has 0 aliphatic carbocycles. The lowest BCUT2D eigenvalue weighted by Gasteiger charge is -2.34. The highest BCUT2D eigenvalue weighted by atomic mass is 35.5. The maximum absolute atomic E-state index is 14.0. The number of carbonyl (C=O) groups is 1. The topological polar surface area (TPSA) is 79.8 Å². The predicted octanol–water partition coefficient (Wildman–Crippen LogP) is 5.18. The second-order valence-corrected chi connectivity index (χ2v) is 13.0. The Morgan fingerprint density at radius 1 is 1.14 bits per heavy atom. The Balaban J connectivity index is 1.44. The monoisotopic (exact) mass is 547 g/mol. The van der Waals surface area contributed by atoms with E-state index in [4.69, 9.17) is 21.3 Å². The fourth-order valence-electron chi connectivity index (χ4n) is 4.96. The molecule has 0 radical (unpaired) electrons. The SMILES string of the molecule is Cc1ccc(C)c2sc(N(CC3CCCO3)C(=O)C3CCCN(S(=O)(=O)c4ccc(Cl)cc4)C3)nc12. The van der Waals surface area contributed by atoms with Gasteiger partial charge < -0.3 is 4.74 Å². The molecule has 2 unspecified atom stereocenters. The van der Waals surface area contributed by atoms with Gasteiger partial charge in [-0.1, -0.05) is 35.1 Å². The molecular weight excluding hydrogens is 518 g/mol. The van der Waals surface area contributed by atoms with Crippen molar-refractivity contribution in [2.24, 2.45) is 5.92 Å². The number of carbonyl (C=O) groups excluding carboxylic acids is 1. The summed E-state index contributed by atoms with van der Waals surface area (Å²) in [6, 6.07) is 10.3. The number of fused-ring (bicyclic) bond motifs is 1. The zero-order chi connectivity index (χ0) is 25.4. The molecule has 2 aliphatic rings. The van der Waals surface area contributed by atoms with Crippen LogP contribution in [0.15, 0.2) is 41.3 Å². The quantitative estimate of drug-likeness (QED) is 0.425. The summed E-state index contributed by atoms with van der Waals surface area (Å²) >= 11 is 7.47. The molecule has 3 heterocycles. The van der Waals surface area contributed by atoms with Crippen molar-refractivity contribution in [1.82, 2.24) is 9.29 Å². The van der Waals surface area contributed by atoms with E-state index in [-0.39, 0.29) is 23.5 Å². The first-order valence-electron chi connectivity index (χ1n) is 12.3. The third kappa shape index (κ3) is 5.04. The number of aryl methyl sites for hydroxylation is 2. The van der Waals surface area contributed by atoms with E-state index in [1.54, 1.807) is 17.0 Å². The zero-order valence-electron chi connectivity index (χ0n) is 20.4. The van der Waals surface area contributed by atoms with Crippen molar-refractivity contribution >= 4 is 54.2 Å². The number of nitrogens with zero attached hydrogens (tertiary/aromatic N) is 3. The first kappa shape index (κ1) is 25.6. The summed E-state index contributed by atoms with van der Waals surface area (Å²) in [6.45, 7) is 5.74. The Labute approximate surface area is 221 Å². The second kappa shape index (κ2) is 10.4. The van der Waals surface area contributed by atoms with Gasteiger partial charge in [0, 0.05) is 24.7 Å². The van der Waals surface area contributed by atoms with Crippen LogP contribution in [0.3, 0.4) is 0 Å². The number of thiazole rings is 1. The maximum Gasteiger partial charge on any atom is 0.243 e. The normalized spacial score (nSPS) is 21.2. The molecule has 10 heteroatoms. The molecule has 2 aliphatic heterocycles. The number of benzene rings is 2. The third-order valence-electron chi connectivity index (χ3n) is 7.02. The molecule has 2 atom stereocenters. The van der Waals surface area contributed by atoms with E-state index in [9.17, 15) is 13.2 Å². The van der Waals surface area contributed by atoms with Crippen LogP contribution in [0.2, 0.25) is 5.02 Å². The molecule has 36 heavy (non-hydrogen) atoms. The Hall–Kier alpha value is -2.04. The van der Waals surface area contributed by atoms with E-state index in [1.807, 2.05) is 13.0 Å². The van der Waals surface area contributed by atoms with Gasteiger partial charge in [-0.2, -0.15) is 4.31 Å². The third-order valence-corrected chi connectivity index (χ3v) is 10.4. The van der Waals surface area contributed by atoms with Gasteiger partial charge in [-0.25, -0.2) is 13.4 Å². The number of hydrogen-bond acceptors (Lipinski definition) is 6. The van der Waals surface area contributed by atoms with Gasteiger partial charge in [-0.3, -0.25) is 9.69 Å². The number of aromatic nitrogens is 1. The average molecular weight is 548 g/mol. The van der Waals surface area contributed by atoms with Crippen LogP contribution in [-0.4, -0.2) is 56.0 Å². The summed E-state index contributed by atoms with van der Waals surface area (Å²) in [5, 5.41) is 1.13. The van der Waals surface area contributed by atoms with Crippen molar-refractivity contribution < 1.29 is 17.9 Å². The number of rotatable bonds is 6. The van der Waals surface area contributed by atoms with Gasteiger partial charge in [0.1, 0.15) is 0 Å². The largest absolute Gasteiger partial charge is 0.376 e. The number of ether oxygens (including phenoxy) is 1. The average Bonchev–Trinajstić information content (AvgIpc) is 3.56. The van der Waals surface area contributed by atoms with Gasteiger partial charge in [-0.05, 0) is 74.9 Å². The van der Waals surface area contributed by atoms with Crippen molar-refractivity contribution in [3.8, 4) is 0 Å². The molecule has 1 aromatic heterocycles. The van der Waals surface area contributed by atoms with Crippen molar-refractivity contribution in [2.45, 2.75) is 50.5 Å². The number of amides is 1. The molecular formula is C26H30ClN3O4S2. The Kier molecular flexibility index (Phi) is 7.38. The molecule has 2 saturated heterocycles. The summed E-state index contributed by atoms with van der Waals surface area (Å²) in [7, 11) is -3.72. The number of anilines is 1. The molecule has 0 spiro atoms. The van der Waals surface area contributed by atoms with Gasteiger partial charge in [0.15, 0.2) is 5.13 Å². The van der Waals surface area contributed by atoms with Crippen molar-refractivity contribution in [3.05, 3.63) is 52.5 Å². The minimum Gasteiger partial charge on any atom is -0.376 e. The maximum atomic E-state index is 14.0. The zero-order valence-corrected chi connectivity index (χ0v) is 22.8. The van der Waals surface area contributed by atoms with E-state index in [0.717, 1.165) is 34.2 Å². The number of hydrogen-bond donors (Lipinski definition) is 0. The summed E-state index contributed by atoms with van der Waals surface area (Å²) in [4.78, 5) is 20.8. The van der Waals surface area contributed by atoms with Crippen molar-refractivity contribution in [2.75, 3.05) is 31.1 Å². The molecule has 5 rings (SSSR count). The van der Waals surface area contributed by atoms with E-state index in [0.29, 0.717) is 42.7 Å². The predicted molar refractivity (Wildman–Crippen MR) is 143 cm³/mol. The van der Waals surface area contributed by atoms with Crippen LogP contribution in [0.5, 0.6) is 0 Å². The molecule has 0 N–H and O–H groups in total. The molecule has 192 valence electrons. The Morgan fingerprint density at radius 2 is 1.89 bits per heavy atom. The molecule has 0 bridgehead atoms. The van der Waals surface area contributed by atoms with Crippen LogP contribution >= 0.6 is 22.9 Å². The smallest absolute Gasteiger partial charge is 0.243 e. The summed E-state index contributed by atoms with van der Waals surface area (Å²) in [5.74, 6) is -0.535. The van der Waals surface area contributed by atoms with Gasteiger partial charge >= 0.3 is 0 Å². The first-order chi connectivity index (χ1) is 17.2. The summed E-state index contributed by atoms with van der Waals surface area (Å²) < 4.78 is 35.0. The lowest BCUT2D eigenvalue weighted by Crippen LogP contribution is -2.48. The Morgan fingerprint density at radius 3 is 2.58 bits per heavy atom. The second-order valence-electron chi connectivity index (χ2n) is 9.61. The molecule has 2 aromatic carbocycles. The van der Waals surface area contributed by atoms with E-state index in [2.05, 4.69) is 13.0 Å². The first-order valence-corrected chi connectivity index (χ1v) is 14.9. The standard InChI is InChI=1S/C26H30ClN3O4S2/c1-17-7-8-18(2)24-23(17)28-26(35-24)30(16-21-6-4-14-34-21)25(31)19-5-3-13-29(15-19)36(32,33)22-11-9-20(27)10-12-22/h7-12,19,21H,3-6,13-16H2,1-2H3. The van der Waals surface area contributed by atoms with Gasteiger partial charge in [-0.15, -0.1) is 0 Å². The minimum absolute atomic E-state index is 0.0411. The molecule has 7 nitrogen and oxygen atoms in total. The van der Waals surface area contributed by atoms with Crippen LogP contribution in [-0.2, 0) is 19.6 Å². The highest BCUT2D eigenvalue weighted by molar-refractivity contribution is 7.89. The van der Waals surface area contributed by atoms with Crippen LogP contribution in [0.4, 0.5) is 5.13 Å². The fourth-order valence-corrected chi connectivity index (χ4v) is 7.73. The number of piperidine rings is 1. The number of sulfonamides is 1. The lowest BCUT2D eigenvalue weighted by molar-refractivity contribution is -0.123. The Bertz CT molecular complexity index is 1330. The van der Waals surface area contributed by atoms with Crippen LogP contribution < -0.4 is 4.90 Å². The summed E-state index contributed by atoms with van der Waals surface area (Å²) in [6.07, 6.45) is 3.09. The summed E-state index contributed by atoms with van der Waals surface area (Å²) in [5.41, 5.74) is 3.11. The fraction of sp³-hybridized carbons (Fsp3) is 0.462. The van der Waals surface area contributed by atoms with Gasteiger partial charge in [0.25, 0.3) is 0 Å². The highest BCUT2D eigenvalue weighted by Crippen LogP contribution is 2.35. The van der Waals surface area contributed by atoms with Crippen molar-refractivity contribution in [1.29, 1.82) is 0 Å². The number of halogens is 1. The van der Waals surface area contributed by atoms with Crippen molar-refractivity contribution in [3.63, 3.8) is 0 Å². The van der Waals surface area contributed by atoms with Crippen LogP contribution in [0.1, 0.15) is 36.8 Å².